The molecule has 0 aliphatic heterocycles. The van der Waals surface area contributed by atoms with Gasteiger partial charge < -0.3 is 9.47 Å². The van der Waals surface area contributed by atoms with Crippen molar-refractivity contribution in [3.63, 3.8) is 0 Å². The first-order chi connectivity index (χ1) is 17.0. The van der Waals surface area contributed by atoms with E-state index in [4.69, 9.17) is 9.47 Å². The van der Waals surface area contributed by atoms with Crippen LogP contribution in [0.2, 0.25) is 0 Å². The molecular weight excluding hydrogens is 450 g/mol. The van der Waals surface area contributed by atoms with Crippen molar-refractivity contribution >= 4 is 11.9 Å². The lowest BCUT2D eigenvalue weighted by atomic mass is 10.0. The van der Waals surface area contributed by atoms with Crippen LogP contribution in [0.25, 0.3) is 0 Å². The highest BCUT2D eigenvalue weighted by atomic mass is 19.1. The minimum Gasteiger partial charge on any atom is -0.466 e. The molecule has 4 nitrogen and oxygen atoms in total. The average Bonchev–Trinajstić information content (AvgIpc) is 2.81. The third-order valence-electron chi connectivity index (χ3n) is 6.24. The van der Waals surface area contributed by atoms with E-state index in [1.54, 1.807) is 0 Å². The van der Waals surface area contributed by atoms with E-state index >= 15 is 0 Å². The molecule has 6 heteroatoms. The molecule has 1 aromatic carbocycles. The fraction of sp³-hybridized carbons (Fsp3) is 0.724. The van der Waals surface area contributed by atoms with Crippen LogP contribution < -0.4 is 0 Å². The van der Waals surface area contributed by atoms with E-state index in [0.29, 0.717) is 6.61 Å². The summed E-state index contributed by atoms with van der Waals surface area (Å²) in [7, 11) is 0. The Balaban J connectivity index is 1.93. The molecule has 1 atom stereocenters. The number of hydrogen-bond acceptors (Lipinski definition) is 4. The Morgan fingerprint density at radius 2 is 1.17 bits per heavy atom. The second-order valence-corrected chi connectivity index (χ2v) is 9.44. The molecule has 0 saturated carbocycles. The Kier molecular flexibility index (Phi) is 18.0. The molecule has 0 radical (unpaired) electrons. The zero-order valence-electron chi connectivity index (χ0n) is 21.9. The predicted octanol–water partition coefficient (Wildman–Crippen LogP) is 8.76. The van der Waals surface area contributed by atoms with Gasteiger partial charge in [-0.05, 0) is 31.9 Å². The smallest absolute Gasteiger partial charge is 0.306 e. The van der Waals surface area contributed by atoms with E-state index in [1.165, 1.54) is 90.0 Å². The Bertz CT molecular complexity index is 688. The van der Waals surface area contributed by atoms with Crippen molar-refractivity contribution in [1.82, 2.24) is 0 Å². The number of carbonyl (C=O) groups excluding carboxylic acids is 2. The van der Waals surface area contributed by atoms with Crippen LogP contribution in [-0.4, -0.2) is 18.5 Å². The van der Waals surface area contributed by atoms with Crippen molar-refractivity contribution in [2.45, 2.75) is 129 Å². The number of halogens is 2. The standard InChI is InChI=1S/C29H46F2O4/c1-3-4-5-6-7-8-9-10-11-12-13-14-15-16-23-34-27(32)21-18-22-28(33)35-24(2)29-25(30)19-17-20-26(29)31/h17,19-20,24H,3-16,18,21-23H2,1-2H3. The number of hydrogen-bond donors (Lipinski definition) is 0. The van der Waals surface area contributed by atoms with Crippen LogP contribution in [0.5, 0.6) is 0 Å². The molecule has 1 unspecified atom stereocenters. The van der Waals surface area contributed by atoms with Crippen LogP contribution in [0.3, 0.4) is 0 Å². The number of ether oxygens (including phenoxy) is 2. The summed E-state index contributed by atoms with van der Waals surface area (Å²) in [6.45, 7) is 4.08. The van der Waals surface area contributed by atoms with Gasteiger partial charge >= 0.3 is 11.9 Å². The third-order valence-corrected chi connectivity index (χ3v) is 6.24. The largest absolute Gasteiger partial charge is 0.466 e. The van der Waals surface area contributed by atoms with Crippen molar-refractivity contribution in [3.05, 3.63) is 35.4 Å². The van der Waals surface area contributed by atoms with E-state index < -0.39 is 23.7 Å². The highest BCUT2D eigenvalue weighted by Gasteiger charge is 2.19. The minimum atomic E-state index is -1.03. The van der Waals surface area contributed by atoms with Gasteiger partial charge in [-0.3, -0.25) is 9.59 Å². The first kappa shape index (κ1) is 31.1. The molecule has 1 aromatic rings. The van der Waals surface area contributed by atoms with E-state index in [0.717, 1.165) is 25.0 Å². The molecule has 0 aromatic heterocycles. The van der Waals surface area contributed by atoms with Gasteiger partial charge in [-0.15, -0.1) is 0 Å². The van der Waals surface area contributed by atoms with Crippen LogP contribution >= 0.6 is 0 Å². The SMILES string of the molecule is CCCCCCCCCCCCCCCCOC(=O)CCCC(=O)OC(C)c1c(F)cccc1F. The van der Waals surface area contributed by atoms with E-state index in [-0.39, 0.29) is 30.8 Å². The van der Waals surface area contributed by atoms with Crippen molar-refractivity contribution < 1.29 is 27.8 Å². The maximum absolute atomic E-state index is 13.7. The van der Waals surface area contributed by atoms with Crippen LogP contribution in [0.1, 0.15) is 135 Å². The Hall–Kier alpha value is -1.98. The summed E-state index contributed by atoms with van der Waals surface area (Å²) in [6.07, 6.45) is 17.2. The fourth-order valence-electron chi connectivity index (χ4n) is 4.15. The van der Waals surface area contributed by atoms with Gasteiger partial charge in [-0.25, -0.2) is 8.78 Å². The summed E-state index contributed by atoms with van der Waals surface area (Å²) < 4.78 is 37.8. The van der Waals surface area contributed by atoms with Crippen molar-refractivity contribution in [1.29, 1.82) is 0 Å². The first-order valence-corrected chi connectivity index (χ1v) is 13.7. The molecule has 0 N–H and O–H groups in total. The number of unbranched alkanes of at least 4 members (excludes halogenated alkanes) is 13. The first-order valence-electron chi connectivity index (χ1n) is 13.7. The molecule has 0 aliphatic carbocycles. The number of esters is 2. The monoisotopic (exact) mass is 496 g/mol. The lowest BCUT2D eigenvalue weighted by Gasteiger charge is -2.15. The summed E-state index contributed by atoms with van der Waals surface area (Å²) in [5.74, 6) is -2.43. The second kappa shape index (κ2) is 20.2. The molecule has 0 aliphatic rings. The third kappa shape index (κ3) is 15.6. The number of rotatable bonds is 21. The van der Waals surface area contributed by atoms with Crippen molar-refractivity contribution in [2.24, 2.45) is 0 Å². The highest BCUT2D eigenvalue weighted by molar-refractivity contribution is 5.72. The molecule has 0 spiro atoms. The lowest BCUT2D eigenvalue weighted by molar-refractivity contribution is -0.149. The van der Waals surface area contributed by atoms with Gasteiger partial charge in [-0.2, -0.15) is 0 Å². The zero-order valence-corrected chi connectivity index (χ0v) is 21.9. The van der Waals surface area contributed by atoms with Gasteiger partial charge in [0.25, 0.3) is 0 Å². The van der Waals surface area contributed by atoms with Crippen LogP contribution in [0.15, 0.2) is 18.2 Å². The quantitative estimate of drug-likeness (QED) is 0.126. The molecule has 1 rings (SSSR count). The normalized spacial score (nSPS) is 11.9. The van der Waals surface area contributed by atoms with Crippen LogP contribution in [-0.2, 0) is 19.1 Å². The van der Waals surface area contributed by atoms with Gasteiger partial charge in [-0.1, -0.05) is 96.5 Å². The molecular formula is C29H46F2O4. The molecule has 200 valence electrons. The average molecular weight is 497 g/mol. The summed E-state index contributed by atoms with van der Waals surface area (Å²) in [6, 6.07) is 3.50. The number of carbonyl (C=O) groups is 2. The van der Waals surface area contributed by atoms with Crippen LogP contribution in [0.4, 0.5) is 8.78 Å². The minimum absolute atomic E-state index is 0.00559. The molecule has 0 heterocycles. The molecule has 0 bridgehead atoms. The van der Waals surface area contributed by atoms with Gasteiger partial charge in [0.15, 0.2) is 0 Å². The summed E-state index contributed by atoms with van der Waals surface area (Å²) >= 11 is 0. The topological polar surface area (TPSA) is 52.6 Å². The lowest BCUT2D eigenvalue weighted by Crippen LogP contribution is -2.12. The van der Waals surface area contributed by atoms with Crippen molar-refractivity contribution in [3.8, 4) is 0 Å². The predicted molar refractivity (Wildman–Crippen MR) is 136 cm³/mol. The van der Waals surface area contributed by atoms with Crippen molar-refractivity contribution in [2.75, 3.05) is 6.61 Å². The zero-order chi connectivity index (χ0) is 25.7. The summed E-state index contributed by atoms with van der Waals surface area (Å²) in [5, 5.41) is 0. The van der Waals surface area contributed by atoms with Gasteiger partial charge in [0.05, 0.1) is 12.2 Å². The van der Waals surface area contributed by atoms with E-state index in [9.17, 15) is 18.4 Å². The molecule has 35 heavy (non-hydrogen) atoms. The molecule has 0 saturated heterocycles. The Labute approximate surface area is 211 Å². The maximum atomic E-state index is 13.7. The van der Waals surface area contributed by atoms with Gasteiger partial charge in [0.2, 0.25) is 0 Å². The second-order valence-electron chi connectivity index (χ2n) is 9.44. The molecule has 0 fully saturated rings. The number of benzene rings is 1. The van der Waals surface area contributed by atoms with E-state index in [2.05, 4.69) is 6.92 Å². The Morgan fingerprint density at radius 1 is 0.714 bits per heavy atom. The van der Waals surface area contributed by atoms with E-state index in [1.807, 2.05) is 0 Å². The van der Waals surface area contributed by atoms with Crippen LogP contribution in [0, 0.1) is 11.6 Å². The fourth-order valence-corrected chi connectivity index (χ4v) is 4.15. The highest BCUT2D eigenvalue weighted by Crippen LogP contribution is 2.24. The summed E-state index contributed by atoms with van der Waals surface area (Å²) in [5.41, 5.74) is -0.270. The van der Waals surface area contributed by atoms with Gasteiger partial charge in [0.1, 0.15) is 17.7 Å². The molecule has 0 amide bonds. The summed E-state index contributed by atoms with van der Waals surface area (Å²) in [4.78, 5) is 23.7. The van der Waals surface area contributed by atoms with Gasteiger partial charge in [0, 0.05) is 12.8 Å². The Morgan fingerprint density at radius 3 is 1.69 bits per heavy atom. The maximum Gasteiger partial charge on any atom is 0.306 e.